The molecular formula is C44H34S. The molecule has 0 N–H and O–H groups in total. The van der Waals surface area contributed by atoms with E-state index in [1.54, 1.807) is 0 Å². The van der Waals surface area contributed by atoms with Crippen molar-refractivity contribution in [3.05, 3.63) is 161 Å². The lowest BCUT2D eigenvalue weighted by Crippen LogP contribution is -2.14. The van der Waals surface area contributed by atoms with Gasteiger partial charge in [-0.15, -0.1) is 0 Å². The zero-order valence-electron chi connectivity index (χ0n) is 26.2. The van der Waals surface area contributed by atoms with Gasteiger partial charge in [-0.2, -0.15) is 0 Å². The molecule has 0 fully saturated rings. The standard InChI is InChI=1S/C44H34S/c1-26-35-22-27(29-14-18-33-31-10-6-8-12-37(31)43(2,3)39(33)24-29)16-20-41(35)45-42-21-17-28(23-36(26)42)30-15-19-34-32-11-7-9-13-38(32)44(4,5)40(34)25-30/h6-25H,1H2,2-5H3. The quantitative estimate of drug-likeness (QED) is 0.192. The molecule has 0 nitrogen and oxygen atoms in total. The van der Waals surface area contributed by atoms with Gasteiger partial charge in [-0.05, 0) is 120 Å². The lowest BCUT2D eigenvalue weighted by molar-refractivity contribution is 0.660. The first-order valence-corrected chi connectivity index (χ1v) is 16.7. The van der Waals surface area contributed by atoms with Crippen molar-refractivity contribution in [3.8, 4) is 44.5 Å². The third-order valence-corrected chi connectivity index (χ3v) is 11.8. The van der Waals surface area contributed by atoms with Crippen molar-refractivity contribution in [2.24, 2.45) is 0 Å². The second kappa shape index (κ2) is 9.22. The topological polar surface area (TPSA) is 0 Å². The van der Waals surface area contributed by atoms with Gasteiger partial charge in [0.1, 0.15) is 0 Å². The summed E-state index contributed by atoms with van der Waals surface area (Å²) in [7, 11) is 0. The van der Waals surface area contributed by atoms with Crippen molar-refractivity contribution in [2.75, 3.05) is 0 Å². The predicted octanol–water partition coefficient (Wildman–Crippen LogP) is 12.2. The fourth-order valence-corrected chi connectivity index (χ4v) is 9.19. The van der Waals surface area contributed by atoms with Crippen LogP contribution in [0.5, 0.6) is 0 Å². The average molecular weight is 595 g/mol. The third kappa shape index (κ3) is 3.74. The first-order chi connectivity index (χ1) is 21.7. The molecule has 0 atom stereocenters. The Hall–Kier alpha value is -4.59. The van der Waals surface area contributed by atoms with Gasteiger partial charge in [0.05, 0.1) is 0 Å². The van der Waals surface area contributed by atoms with E-state index >= 15 is 0 Å². The Morgan fingerprint density at radius 2 is 0.778 bits per heavy atom. The van der Waals surface area contributed by atoms with Crippen LogP contribution in [0.15, 0.2) is 138 Å². The highest BCUT2D eigenvalue weighted by atomic mass is 32.2. The van der Waals surface area contributed by atoms with E-state index in [1.165, 1.54) is 87.7 Å². The van der Waals surface area contributed by atoms with Crippen molar-refractivity contribution in [1.82, 2.24) is 0 Å². The number of fused-ring (bicyclic) bond motifs is 8. The summed E-state index contributed by atoms with van der Waals surface area (Å²) >= 11 is 1.86. The Labute approximate surface area is 270 Å². The van der Waals surface area contributed by atoms with Crippen LogP contribution in [0, 0.1) is 0 Å². The first-order valence-electron chi connectivity index (χ1n) is 15.9. The van der Waals surface area contributed by atoms with Gasteiger partial charge in [-0.3, -0.25) is 0 Å². The van der Waals surface area contributed by atoms with E-state index in [1.807, 2.05) is 11.8 Å². The van der Waals surface area contributed by atoms with Crippen LogP contribution >= 0.6 is 11.8 Å². The minimum atomic E-state index is -0.0134. The summed E-state index contributed by atoms with van der Waals surface area (Å²) < 4.78 is 0. The molecular weight excluding hydrogens is 561 g/mol. The molecule has 0 saturated heterocycles. The lowest BCUT2D eigenvalue weighted by Gasteiger charge is -2.24. The van der Waals surface area contributed by atoms with Gasteiger partial charge in [-0.1, -0.05) is 131 Å². The van der Waals surface area contributed by atoms with Crippen LogP contribution in [-0.4, -0.2) is 0 Å². The maximum Gasteiger partial charge on any atom is 0.0201 e. The van der Waals surface area contributed by atoms with Crippen LogP contribution in [0.1, 0.15) is 61.1 Å². The molecule has 216 valence electrons. The van der Waals surface area contributed by atoms with Crippen LogP contribution < -0.4 is 0 Å². The normalized spacial score (nSPS) is 15.9. The van der Waals surface area contributed by atoms with Gasteiger partial charge in [0, 0.05) is 20.6 Å². The molecule has 2 aliphatic carbocycles. The molecule has 9 rings (SSSR count). The Bertz CT molecular complexity index is 2100. The molecule has 1 heterocycles. The molecule has 1 aliphatic heterocycles. The van der Waals surface area contributed by atoms with Gasteiger partial charge in [-0.25, -0.2) is 0 Å². The van der Waals surface area contributed by atoms with Crippen LogP contribution in [0.4, 0.5) is 0 Å². The van der Waals surface area contributed by atoms with E-state index in [0.29, 0.717) is 0 Å². The molecule has 1 heteroatoms. The Kier molecular flexibility index (Phi) is 5.49. The zero-order valence-corrected chi connectivity index (χ0v) is 27.0. The molecule has 0 amide bonds. The second-order valence-electron chi connectivity index (χ2n) is 13.9. The molecule has 6 aromatic rings. The van der Waals surface area contributed by atoms with E-state index < -0.39 is 0 Å². The minimum Gasteiger partial charge on any atom is -0.0905 e. The molecule has 0 saturated carbocycles. The van der Waals surface area contributed by atoms with Crippen LogP contribution in [0.3, 0.4) is 0 Å². The van der Waals surface area contributed by atoms with Crippen molar-refractivity contribution < 1.29 is 0 Å². The Morgan fingerprint density at radius 3 is 1.24 bits per heavy atom. The second-order valence-corrected chi connectivity index (χ2v) is 14.9. The van der Waals surface area contributed by atoms with Gasteiger partial charge < -0.3 is 0 Å². The summed E-state index contributed by atoms with van der Waals surface area (Å²) in [5.74, 6) is 0. The van der Waals surface area contributed by atoms with Crippen molar-refractivity contribution in [2.45, 2.75) is 48.3 Å². The van der Waals surface area contributed by atoms with Gasteiger partial charge in [0.25, 0.3) is 0 Å². The van der Waals surface area contributed by atoms with Crippen molar-refractivity contribution in [3.63, 3.8) is 0 Å². The number of benzene rings is 6. The maximum atomic E-state index is 4.67. The molecule has 0 unspecified atom stereocenters. The summed E-state index contributed by atoms with van der Waals surface area (Å²) in [4.78, 5) is 2.55. The van der Waals surface area contributed by atoms with E-state index in [-0.39, 0.29) is 10.8 Å². The van der Waals surface area contributed by atoms with Crippen molar-refractivity contribution in [1.29, 1.82) is 0 Å². The largest absolute Gasteiger partial charge is 0.0905 e. The smallest absolute Gasteiger partial charge is 0.0201 e. The SMILES string of the molecule is C=C1c2cc(-c3ccc4c(c3)C(C)(C)c3ccccc3-4)ccc2Sc2ccc(-c3ccc4c(c3)C(C)(C)c3ccccc3-4)cc21. The highest BCUT2D eigenvalue weighted by molar-refractivity contribution is 7.99. The highest BCUT2D eigenvalue weighted by Gasteiger charge is 2.36. The summed E-state index contributed by atoms with van der Waals surface area (Å²) in [6.45, 7) is 14.1. The van der Waals surface area contributed by atoms with Crippen molar-refractivity contribution >= 4 is 17.3 Å². The monoisotopic (exact) mass is 594 g/mol. The maximum absolute atomic E-state index is 4.67. The molecule has 0 radical (unpaired) electrons. The molecule has 6 aromatic carbocycles. The van der Waals surface area contributed by atoms with E-state index in [0.717, 1.165) is 5.57 Å². The summed E-state index contributed by atoms with van der Waals surface area (Å²) in [6, 6.07) is 45.6. The zero-order chi connectivity index (χ0) is 30.7. The summed E-state index contributed by atoms with van der Waals surface area (Å²) in [6.07, 6.45) is 0. The lowest BCUT2D eigenvalue weighted by atomic mass is 9.81. The fraction of sp³-hybridized carbons (Fsp3) is 0.136. The van der Waals surface area contributed by atoms with E-state index in [4.69, 9.17) is 0 Å². The fourth-order valence-electron chi connectivity index (χ4n) is 8.10. The average Bonchev–Trinajstić information content (AvgIpc) is 3.44. The number of rotatable bonds is 2. The molecule has 0 spiro atoms. The van der Waals surface area contributed by atoms with Gasteiger partial charge >= 0.3 is 0 Å². The number of hydrogen-bond donors (Lipinski definition) is 0. The van der Waals surface area contributed by atoms with E-state index in [9.17, 15) is 0 Å². The molecule has 45 heavy (non-hydrogen) atoms. The summed E-state index contributed by atoms with van der Waals surface area (Å²) in [5.41, 5.74) is 19.6. The third-order valence-electron chi connectivity index (χ3n) is 10.7. The van der Waals surface area contributed by atoms with Crippen LogP contribution in [0.2, 0.25) is 0 Å². The van der Waals surface area contributed by atoms with Gasteiger partial charge in [0.15, 0.2) is 0 Å². The molecule has 0 aromatic heterocycles. The predicted molar refractivity (Wildman–Crippen MR) is 191 cm³/mol. The Balaban J connectivity index is 1.08. The molecule has 3 aliphatic rings. The van der Waals surface area contributed by atoms with Crippen LogP contribution in [-0.2, 0) is 10.8 Å². The minimum absolute atomic E-state index is 0.0134. The summed E-state index contributed by atoms with van der Waals surface area (Å²) in [5, 5.41) is 0. The van der Waals surface area contributed by atoms with Crippen LogP contribution in [0.25, 0.3) is 50.1 Å². The highest BCUT2D eigenvalue weighted by Crippen LogP contribution is 2.52. The number of hydrogen-bond acceptors (Lipinski definition) is 1. The van der Waals surface area contributed by atoms with E-state index in [2.05, 4.69) is 156 Å². The first kappa shape index (κ1) is 26.8. The van der Waals surface area contributed by atoms with Gasteiger partial charge in [0.2, 0.25) is 0 Å². The Morgan fingerprint density at radius 1 is 0.400 bits per heavy atom. The molecule has 0 bridgehead atoms.